The molecule has 18 heavy (non-hydrogen) atoms. The van der Waals surface area contributed by atoms with E-state index in [1.807, 2.05) is 0 Å². The van der Waals surface area contributed by atoms with Gasteiger partial charge in [0.25, 0.3) is 0 Å². The van der Waals surface area contributed by atoms with Crippen LogP contribution in [0.5, 0.6) is 0 Å². The van der Waals surface area contributed by atoms with E-state index >= 15 is 0 Å². The zero-order chi connectivity index (χ0) is 12.4. The molecule has 94 valence electrons. The van der Waals surface area contributed by atoms with Crippen LogP contribution in [0.1, 0.15) is 29.5 Å². The molecule has 1 aromatic carbocycles. The van der Waals surface area contributed by atoms with Crippen molar-refractivity contribution < 1.29 is 0 Å². The predicted molar refractivity (Wildman–Crippen MR) is 74.6 cm³/mol. The number of aryl methyl sites for hydroxylation is 1. The summed E-state index contributed by atoms with van der Waals surface area (Å²) in [5.41, 5.74) is 4.15. The van der Waals surface area contributed by atoms with Crippen molar-refractivity contribution in [1.29, 1.82) is 0 Å². The molecule has 2 nitrogen and oxygen atoms in total. The van der Waals surface area contributed by atoms with Crippen LogP contribution < -0.4 is 5.32 Å². The fourth-order valence-corrected chi connectivity index (χ4v) is 2.23. The lowest BCUT2D eigenvalue weighted by Gasteiger charge is -2.06. The third-order valence-corrected chi connectivity index (χ3v) is 3.60. The number of rotatable bonds is 5. The van der Waals surface area contributed by atoms with Gasteiger partial charge in [0.2, 0.25) is 0 Å². The van der Waals surface area contributed by atoms with Crippen molar-refractivity contribution in [2.45, 2.75) is 38.9 Å². The van der Waals surface area contributed by atoms with Crippen molar-refractivity contribution in [1.82, 2.24) is 9.88 Å². The van der Waals surface area contributed by atoms with Crippen LogP contribution in [-0.4, -0.2) is 10.6 Å². The maximum Gasteiger partial charge on any atom is 0.0472 e. The van der Waals surface area contributed by atoms with Crippen LogP contribution in [0.25, 0.3) is 0 Å². The smallest absolute Gasteiger partial charge is 0.0472 e. The molecule has 1 aromatic heterocycles. The first-order chi connectivity index (χ1) is 8.81. The van der Waals surface area contributed by atoms with E-state index in [9.17, 15) is 0 Å². The Bertz CT molecular complexity index is 523. The summed E-state index contributed by atoms with van der Waals surface area (Å²) in [5, 5.41) is 3.55. The Kier molecular flexibility index (Phi) is 3.20. The first-order valence-corrected chi connectivity index (χ1v) is 6.74. The number of hydrogen-bond acceptors (Lipinski definition) is 1. The number of hydrogen-bond donors (Lipinski definition) is 1. The van der Waals surface area contributed by atoms with Gasteiger partial charge >= 0.3 is 0 Å². The van der Waals surface area contributed by atoms with E-state index in [1.165, 1.54) is 29.5 Å². The summed E-state index contributed by atoms with van der Waals surface area (Å²) < 4.78 is 2.27. The van der Waals surface area contributed by atoms with Crippen molar-refractivity contribution in [3.8, 4) is 0 Å². The summed E-state index contributed by atoms with van der Waals surface area (Å²) in [6.07, 6.45) is 7.13. The molecule has 1 aliphatic carbocycles. The molecule has 0 radical (unpaired) electrons. The van der Waals surface area contributed by atoms with Gasteiger partial charge in [-0.3, -0.25) is 0 Å². The molecule has 2 aromatic rings. The lowest BCUT2D eigenvalue weighted by molar-refractivity contribution is 0.684. The highest BCUT2D eigenvalue weighted by molar-refractivity contribution is 5.26. The van der Waals surface area contributed by atoms with Crippen molar-refractivity contribution >= 4 is 0 Å². The van der Waals surface area contributed by atoms with Gasteiger partial charge in [-0.1, -0.05) is 24.3 Å². The third-order valence-electron chi connectivity index (χ3n) is 3.60. The van der Waals surface area contributed by atoms with E-state index in [-0.39, 0.29) is 0 Å². The minimum atomic E-state index is 0.782. The fraction of sp³-hybridized carbons (Fsp3) is 0.375. The Labute approximate surface area is 109 Å². The molecule has 3 rings (SSSR count). The van der Waals surface area contributed by atoms with Gasteiger partial charge in [-0.15, -0.1) is 0 Å². The number of aromatic nitrogens is 1. The number of benzene rings is 1. The minimum Gasteiger partial charge on any atom is -0.350 e. The zero-order valence-corrected chi connectivity index (χ0v) is 10.9. The van der Waals surface area contributed by atoms with Crippen LogP contribution in [0.3, 0.4) is 0 Å². The Balaban J connectivity index is 1.63. The van der Waals surface area contributed by atoms with E-state index in [0.29, 0.717) is 0 Å². The highest BCUT2D eigenvalue weighted by Crippen LogP contribution is 2.19. The van der Waals surface area contributed by atoms with E-state index in [4.69, 9.17) is 0 Å². The van der Waals surface area contributed by atoms with Crippen LogP contribution in [0.15, 0.2) is 42.7 Å². The zero-order valence-electron chi connectivity index (χ0n) is 10.9. The highest BCUT2D eigenvalue weighted by Gasteiger charge is 2.19. The van der Waals surface area contributed by atoms with Gasteiger partial charge in [0.1, 0.15) is 0 Å². The largest absolute Gasteiger partial charge is 0.350 e. The van der Waals surface area contributed by atoms with Crippen LogP contribution in [-0.2, 0) is 13.1 Å². The Morgan fingerprint density at radius 1 is 1.22 bits per heavy atom. The van der Waals surface area contributed by atoms with Crippen LogP contribution in [0.4, 0.5) is 0 Å². The molecule has 0 aliphatic heterocycles. The van der Waals surface area contributed by atoms with Crippen LogP contribution in [0.2, 0.25) is 0 Å². The van der Waals surface area contributed by atoms with Crippen molar-refractivity contribution in [2.75, 3.05) is 0 Å². The summed E-state index contributed by atoms with van der Waals surface area (Å²) in [5.74, 6) is 0. The van der Waals surface area contributed by atoms with Gasteiger partial charge < -0.3 is 9.88 Å². The first kappa shape index (κ1) is 11.5. The van der Waals surface area contributed by atoms with E-state index < -0.39 is 0 Å². The Hall–Kier alpha value is -1.54. The summed E-state index contributed by atoms with van der Waals surface area (Å²) in [6.45, 7) is 4.15. The monoisotopic (exact) mass is 240 g/mol. The standard InChI is InChI=1S/C16H20N2/c1-13-4-2-3-5-15(13)12-18-9-8-14(11-18)10-17-16-6-7-16/h2-5,8-9,11,16-17H,6-7,10,12H2,1H3. The molecule has 1 saturated carbocycles. The third kappa shape index (κ3) is 2.82. The predicted octanol–water partition coefficient (Wildman–Crippen LogP) is 3.10. The average molecular weight is 240 g/mol. The normalized spacial score (nSPS) is 14.9. The molecule has 1 aliphatic rings. The highest BCUT2D eigenvalue weighted by atomic mass is 15.0. The summed E-state index contributed by atoms with van der Waals surface area (Å²) in [6, 6.07) is 11.6. The second-order valence-corrected chi connectivity index (χ2v) is 5.27. The SMILES string of the molecule is Cc1ccccc1Cn1ccc(CNC2CC2)c1. The minimum absolute atomic E-state index is 0.782. The fourth-order valence-electron chi connectivity index (χ4n) is 2.23. The van der Waals surface area contributed by atoms with Gasteiger partial charge in [0.15, 0.2) is 0 Å². The van der Waals surface area contributed by atoms with Gasteiger partial charge in [0.05, 0.1) is 0 Å². The van der Waals surface area contributed by atoms with Crippen molar-refractivity contribution in [3.05, 3.63) is 59.4 Å². The molecular weight excluding hydrogens is 220 g/mol. The molecule has 0 bridgehead atoms. The summed E-state index contributed by atoms with van der Waals surface area (Å²) in [4.78, 5) is 0. The van der Waals surface area contributed by atoms with Gasteiger partial charge in [-0.2, -0.15) is 0 Å². The quantitative estimate of drug-likeness (QED) is 0.849. The Morgan fingerprint density at radius 2 is 2.06 bits per heavy atom. The molecule has 0 spiro atoms. The number of nitrogens with zero attached hydrogens (tertiary/aromatic N) is 1. The second kappa shape index (κ2) is 4.99. The van der Waals surface area contributed by atoms with Crippen LogP contribution in [0, 0.1) is 6.92 Å². The second-order valence-electron chi connectivity index (χ2n) is 5.27. The number of nitrogens with one attached hydrogen (secondary N) is 1. The van der Waals surface area contributed by atoms with Gasteiger partial charge in [0, 0.05) is 31.5 Å². The molecule has 1 N–H and O–H groups in total. The first-order valence-electron chi connectivity index (χ1n) is 6.74. The average Bonchev–Trinajstić information content (AvgIpc) is 3.10. The maximum absolute atomic E-state index is 3.55. The molecule has 0 amide bonds. The molecule has 0 atom stereocenters. The molecule has 2 heteroatoms. The van der Waals surface area contributed by atoms with Crippen LogP contribution >= 0.6 is 0 Å². The van der Waals surface area contributed by atoms with E-state index in [0.717, 1.165) is 19.1 Å². The molecule has 1 heterocycles. The molecule has 0 saturated heterocycles. The lowest BCUT2D eigenvalue weighted by Crippen LogP contribution is -2.14. The summed E-state index contributed by atoms with van der Waals surface area (Å²) >= 11 is 0. The Morgan fingerprint density at radius 3 is 2.83 bits per heavy atom. The van der Waals surface area contributed by atoms with Crippen molar-refractivity contribution in [3.63, 3.8) is 0 Å². The molecule has 0 unspecified atom stereocenters. The maximum atomic E-state index is 3.55. The van der Waals surface area contributed by atoms with E-state index in [2.05, 4.69) is 59.5 Å². The molecular formula is C16H20N2. The molecule has 1 fully saturated rings. The lowest BCUT2D eigenvalue weighted by atomic mass is 10.1. The van der Waals surface area contributed by atoms with E-state index in [1.54, 1.807) is 0 Å². The summed E-state index contributed by atoms with van der Waals surface area (Å²) in [7, 11) is 0. The van der Waals surface area contributed by atoms with Gasteiger partial charge in [-0.05, 0) is 42.5 Å². The topological polar surface area (TPSA) is 17.0 Å². The van der Waals surface area contributed by atoms with Crippen molar-refractivity contribution in [2.24, 2.45) is 0 Å². The van der Waals surface area contributed by atoms with Gasteiger partial charge in [-0.25, -0.2) is 0 Å².